The van der Waals surface area contributed by atoms with Crippen LogP contribution in [0.3, 0.4) is 0 Å². The van der Waals surface area contributed by atoms with Gasteiger partial charge in [0.1, 0.15) is 0 Å². The fourth-order valence-corrected chi connectivity index (χ4v) is 3.86. The van der Waals surface area contributed by atoms with Gasteiger partial charge in [-0.2, -0.15) is 11.8 Å². The molecule has 0 bridgehead atoms. The number of carbonyl (C=O) groups excluding carboxylic acids is 1. The lowest BCUT2D eigenvalue weighted by Gasteiger charge is -2.15. The van der Waals surface area contributed by atoms with Gasteiger partial charge in [0, 0.05) is 35.9 Å². The van der Waals surface area contributed by atoms with Crippen LogP contribution in [0.2, 0.25) is 0 Å². The maximum absolute atomic E-state index is 12.0. The molecule has 1 aliphatic heterocycles. The highest BCUT2D eigenvalue weighted by Gasteiger charge is 2.14. The van der Waals surface area contributed by atoms with E-state index in [2.05, 4.69) is 20.2 Å². The van der Waals surface area contributed by atoms with E-state index in [9.17, 15) is 4.79 Å². The molecule has 1 amide bonds. The molecule has 0 spiro atoms. The highest BCUT2D eigenvalue weighted by atomic mass is 32.2. The summed E-state index contributed by atoms with van der Waals surface area (Å²) in [6.45, 7) is 1.82. The molecule has 132 valence electrons. The number of carbonyl (C=O) groups is 1. The fraction of sp³-hybridized carbons (Fsp3) is 0.389. The Morgan fingerprint density at radius 2 is 2.12 bits per heavy atom. The molecule has 0 saturated heterocycles. The monoisotopic (exact) mass is 374 g/mol. The second-order valence-corrected chi connectivity index (χ2v) is 7.43. The Hall–Kier alpha value is -1.86. The summed E-state index contributed by atoms with van der Waals surface area (Å²) in [6.07, 6.45) is 5.63. The zero-order valence-electron chi connectivity index (χ0n) is 14.0. The molecule has 3 rings (SSSR count). The topological polar surface area (TPSA) is 59.0 Å². The van der Waals surface area contributed by atoms with Crippen LogP contribution in [0, 0.1) is 0 Å². The Morgan fingerprint density at radius 3 is 2.96 bits per heavy atom. The average Bonchev–Trinajstić information content (AvgIpc) is 3.05. The van der Waals surface area contributed by atoms with Crippen molar-refractivity contribution in [2.24, 2.45) is 0 Å². The van der Waals surface area contributed by atoms with E-state index in [1.807, 2.05) is 36.3 Å². The third kappa shape index (κ3) is 5.06. The number of aryl methyl sites for hydroxylation is 1. The minimum absolute atomic E-state index is 0.185. The molecular formula is C18H22N4OS2. The van der Waals surface area contributed by atoms with Crippen molar-refractivity contribution < 1.29 is 4.79 Å². The number of rotatable bonds is 6. The van der Waals surface area contributed by atoms with Gasteiger partial charge in [-0.1, -0.05) is 18.2 Å². The first-order valence-corrected chi connectivity index (χ1v) is 10.0. The summed E-state index contributed by atoms with van der Waals surface area (Å²) < 4.78 is 2.28. The van der Waals surface area contributed by atoms with Gasteiger partial charge in [0.15, 0.2) is 5.11 Å². The zero-order valence-corrected chi connectivity index (χ0v) is 15.7. The molecular weight excluding hydrogens is 352 g/mol. The molecule has 7 heteroatoms. The van der Waals surface area contributed by atoms with Crippen molar-refractivity contribution in [3.8, 4) is 0 Å². The third-order valence-electron chi connectivity index (χ3n) is 4.13. The first kappa shape index (κ1) is 17.9. The molecule has 2 heterocycles. The predicted molar refractivity (Wildman–Crippen MR) is 106 cm³/mol. The molecule has 0 fully saturated rings. The highest BCUT2D eigenvalue weighted by molar-refractivity contribution is 7.98. The summed E-state index contributed by atoms with van der Waals surface area (Å²) in [5, 5.41) is 6.15. The number of thioether (sulfide) groups is 1. The van der Waals surface area contributed by atoms with Crippen LogP contribution < -0.4 is 10.6 Å². The number of amides is 1. The smallest absolute Gasteiger partial charge is 0.257 e. The Balaban J connectivity index is 1.34. The van der Waals surface area contributed by atoms with Gasteiger partial charge in [0.2, 0.25) is 0 Å². The molecule has 1 aromatic carbocycles. The van der Waals surface area contributed by atoms with Crippen molar-refractivity contribution in [3.05, 3.63) is 53.6 Å². The van der Waals surface area contributed by atoms with Gasteiger partial charge in [-0.3, -0.25) is 10.1 Å². The van der Waals surface area contributed by atoms with Gasteiger partial charge in [0.25, 0.3) is 5.91 Å². The van der Waals surface area contributed by atoms with Gasteiger partial charge in [-0.25, -0.2) is 4.98 Å². The molecule has 0 aliphatic carbocycles. The van der Waals surface area contributed by atoms with Crippen molar-refractivity contribution in [3.63, 3.8) is 0 Å². The van der Waals surface area contributed by atoms with Crippen molar-refractivity contribution in [1.82, 2.24) is 20.2 Å². The molecule has 2 aromatic rings. The lowest BCUT2D eigenvalue weighted by atomic mass is 10.1. The molecule has 0 saturated carbocycles. The largest absolute Gasteiger partial charge is 0.362 e. The van der Waals surface area contributed by atoms with E-state index in [-0.39, 0.29) is 5.91 Å². The average molecular weight is 375 g/mol. The number of nitrogens with one attached hydrogen (secondary N) is 2. The number of benzene rings is 1. The summed E-state index contributed by atoms with van der Waals surface area (Å²) in [7, 11) is 0. The van der Waals surface area contributed by atoms with Gasteiger partial charge in [-0.15, -0.1) is 0 Å². The van der Waals surface area contributed by atoms with Crippen LogP contribution in [0.15, 0.2) is 36.7 Å². The third-order valence-corrected chi connectivity index (χ3v) is 5.35. The standard InChI is InChI=1S/C18H22N4OS2/c23-17(14-6-2-1-3-7-14)21-18(24)19-9-11-25-12-15-16-8-4-5-10-22(16)13-20-15/h1-3,6-7,13H,4-5,8-12H2,(H2,19,21,23,24). The molecule has 0 unspecified atom stereocenters. The van der Waals surface area contributed by atoms with Crippen molar-refractivity contribution in [2.45, 2.75) is 31.6 Å². The van der Waals surface area contributed by atoms with Crippen LogP contribution in [-0.4, -0.2) is 32.9 Å². The first-order chi connectivity index (χ1) is 12.2. The lowest BCUT2D eigenvalue weighted by molar-refractivity contribution is 0.0976. The van der Waals surface area contributed by atoms with Crippen molar-refractivity contribution >= 4 is 35.0 Å². The molecule has 0 atom stereocenters. The van der Waals surface area contributed by atoms with E-state index >= 15 is 0 Å². The van der Waals surface area contributed by atoms with Crippen molar-refractivity contribution in [1.29, 1.82) is 0 Å². The quantitative estimate of drug-likeness (QED) is 0.601. The van der Waals surface area contributed by atoms with Gasteiger partial charge in [-0.05, 0) is 43.6 Å². The van der Waals surface area contributed by atoms with E-state index in [0.717, 1.165) is 24.5 Å². The van der Waals surface area contributed by atoms with Crippen LogP contribution in [0.1, 0.15) is 34.6 Å². The van der Waals surface area contributed by atoms with Gasteiger partial charge in [0.05, 0.1) is 12.0 Å². The molecule has 1 aliphatic rings. The minimum Gasteiger partial charge on any atom is -0.362 e. The molecule has 2 N–H and O–H groups in total. The number of aromatic nitrogens is 2. The first-order valence-electron chi connectivity index (χ1n) is 8.49. The minimum atomic E-state index is -0.185. The van der Waals surface area contributed by atoms with E-state index in [1.165, 1.54) is 24.2 Å². The van der Waals surface area contributed by atoms with E-state index in [1.54, 1.807) is 12.1 Å². The Kier molecular flexibility index (Phi) is 6.47. The maximum Gasteiger partial charge on any atom is 0.257 e. The van der Waals surface area contributed by atoms with Crippen molar-refractivity contribution in [2.75, 3.05) is 12.3 Å². The lowest BCUT2D eigenvalue weighted by Crippen LogP contribution is -2.40. The van der Waals surface area contributed by atoms with Crippen LogP contribution in [0.25, 0.3) is 0 Å². The van der Waals surface area contributed by atoms with E-state index in [0.29, 0.717) is 17.2 Å². The van der Waals surface area contributed by atoms with Crippen LogP contribution in [0.5, 0.6) is 0 Å². The molecule has 25 heavy (non-hydrogen) atoms. The molecule has 0 radical (unpaired) electrons. The number of hydrogen-bond acceptors (Lipinski definition) is 4. The maximum atomic E-state index is 12.0. The Morgan fingerprint density at radius 1 is 1.28 bits per heavy atom. The second kappa shape index (κ2) is 9.01. The summed E-state index contributed by atoms with van der Waals surface area (Å²) in [6, 6.07) is 9.06. The number of nitrogens with zero attached hydrogens (tertiary/aromatic N) is 2. The fourth-order valence-electron chi connectivity index (χ4n) is 2.84. The Bertz CT molecular complexity index is 730. The summed E-state index contributed by atoms with van der Waals surface area (Å²) in [4.78, 5) is 16.5. The number of imidazole rings is 1. The zero-order chi connectivity index (χ0) is 17.5. The van der Waals surface area contributed by atoms with Gasteiger partial charge < -0.3 is 9.88 Å². The molecule has 5 nitrogen and oxygen atoms in total. The summed E-state index contributed by atoms with van der Waals surface area (Å²) >= 11 is 7.00. The van der Waals surface area contributed by atoms with Crippen LogP contribution >= 0.6 is 24.0 Å². The SMILES string of the molecule is O=C(NC(=S)NCCSCc1ncn2c1CCCC2)c1ccccc1. The molecule has 1 aromatic heterocycles. The summed E-state index contributed by atoms with van der Waals surface area (Å²) in [5.74, 6) is 1.65. The van der Waals surface area contributed by atoms with Gasteiger partial charge >= 0.3 is 0 Å². The summed E-state index contributed by atoms with van der Waals surface area (Å²) in [5.41, 5.74) is 3.22. The Labute approximate surface area is 157 Å². The predicted octanol–water partition coefficient (Wildman–Crippen LogP) is 2.76. The normalized spacial score (nSPS) is 13.1. The number of hydrogen-bond donors (Lipinski definition) is 2. The number of fused-ring (bicyclic) bond motifs is 1. The van der Waals surface area contributed by atoms with Crippen LogP contribution in [-0.2, 0) is 18.7 Å². The second-order valence-electron chi connectivity index (χ2n) is 5.92. The highest BCUT2D eigenvalue weighted by Crippen LogP contribution is 2.21. The number of thiocarbonyl (C=S) groups is 1. The van der Waals surface area contributed by atoms with E-state index in [4.69, 9.17) is 12.2 Å². The van der Waals surface area contributed by atoms with Crippen LogP contribution in [0.4, 0.5) is 0 Å². The van der Waals surface area contributed by atoms with E-state index < -0.39 is 0 Å².